The van der Waals surface area contributed by atoms with Crippen molar-refractivity contribution in [3.8, 4) is 0 Å². The normalized spacial score (nSPS) is 16.3. The Morgan fingerprint density at radius 2 is 1.93 bits per heavy atom. The molecule has 1 aliphatic rings. The van der Waals surface area contributed by atoms with Gasteiger partial charge in [-0.2, -0.15) is 0 Å². The minimum atomic E-state index is -0.266. The second kappa shape index (κ2) is 8.89. The summed E-state index contributed by atoms with van der Waals surface area (Å²) in [5.41, 5.74) is 4.17. The fraction of sp³-hybridized carbons (Fsp3) is 0.364. The van der Waals surface area contributed by atoms with Crippen molar-refractivity contribution in [2.45, 2.75) is 32.9 Å². The van der Waals surface area contributed by atoms with Gasteiger partial charge in [0.1, 0.15) is 0 Å². The van der Waals surface area contributed by atoms with E-state index in [1.165, 1.54) is 5.56 Å². The number of anilines is 1. The average Bonchev–Trinajstić information content (AvgIpc) is 3.04. The Morgan fingerprint density at radius 3 is 2.61 bits per heavy atom. The van der Waals surface area contributed by atoms with Gasteiger partial charge in [-0.3, -0.25) is 4.79 Å². The summed E-state index contributed by atoms with van der Waals surface area (Å²) >= 11 is 0. The van der Waals surface area contributed by atoms with Crippen LogP contribution in [0.5, 0.6) is 0 Å². The van der Waals surface area contributed by atoms with Crippen molar-refractivity contribution in [2.24, 2.45) is 0 Å². The van der Waals surface area contributed by atoms with E-state index in [0.29, 0.717) is 13.1 Å². The largest absolute Gasteiger partial charge is 0.395 e. The van der Waals surface area contributed by atoms with Crippen LogP contribution in [-0.4, -0.2) is 47.7 Å². The van der Waals surface area contributed by atoms with Crippen molar-refractivity contribution >= 4 is 17.6 Å². The number of hydrogen-bond donors (Lipinski definition) is 2. The first kappa shape index (κ1) is 19.9. The molecule has 3 amide bonds. The molecule has 1 fully saturated rings. The molecule has 1 atom stereocenters. The fourth-order valence-corrected chi connectivity index (χ4v) is 3.39. The lowest BCUT2D eigenvalue weighted by Crippen LogP contribution is -2.46. The van der Waals surface area contributed by atoms with Gasteiger partial charge in [-0.1, -0.05) is 36.4 Å². The Hall–Kier alpha value is -2.86. The third kappa shape index (κ3) is 4.70. The van der Waals surface area contributed by atoms with Gasteiger partial charge in [0.05, 0.1) is 12.6 Å². The van der Waals surface area contributed by atoms with Crippen LogP contribution in [0.25, 0.3) is 0 Å². The molecule has 2 aromatic carbocycles. The maximum absolute atomic E-state index is 12.7. The van der Waals surface area contributed by atoms with Crippen LogP contribution in [-0.2, 0) is 11.3 Å². The highest BCUT2D eigenvalue weighted by molar-refractivity contribution is 5.97. The Morgan fingerprint density at radius 1 is 1.18 bits per heavy atom. The zero-order valence-corrected chi connectivity index (χ0v) is 16.4. The minimum absolute atomic E-state index is 0.00493. The summed E-state index contributed by atoms with van der Waals surface area (Å²) in [5.74, 6) is 0.00493. The van der Waals surface area contributed by atoms with Gasteiger partial charge < -0.3 is 20.2 Å². The molecule has 0 spiro atoms. The molecule has 148 valence electrons. The lowest BCUT2D eigenvalue weighted by Gasteiger charge is -2.24. The number of aryl methyl sites for hydroxylation is 2. The molecule has 6 heteroatoms. The molecule has 2 aromatic rings. The Kier molecular flexibility index (Phi) is 6.31. The van der Waals surface area contributed by atoms with Gasteiger partial charge in [0.15, 0.2) is 0 Å². The molecule has 0 radical (unpaired) electrons. The van der Waals surface area contributed by atoms with Crippen molar-refractivity contribution in [3.63, 3.8) is 0 Å². The number of urea groups is 1. The molecular weight excluding hydrogens is 354 g/mol. The zero-order valence-electron chi connectivity index (χ0n) is 16.4. The van der Waals surface area contributed by atoms with E-state index in [2.05, 4.69) is 5.32 Å². The highest BCUT2D eigenvalue weighted by Crippen LogP contribution is 2.24. The molecule has 2 N–H and O–H groups in total. The minimum Gasteiger partial charge on any atom is -0.395 e. The van der Waals surface area contributed by atoms with Crippen LogP contribution in [0.15, 0.2) is 48.5 Å². The molecule has 1 aliphatic heterocycles. The Balaban J connectivity index is 1.64. The number of amides is 3. The third-order valence-corrected chi connectivity index (χ3v) is 5.13. The van der Waals surface area contributed by atoms with E-state index in [1.54, 1.807) is 9.80 Å². The van der Waals surface area contributed by atoms with Crippen LogP contribution in [0.4, 0.5) is 10.5 Å². The quantitative estimate of drug-likeness (QED) is 0.808. The van der Waals surface area contributed by atoms with Crippen LogP contribution in [0.3, 0.4) is 0 Å². The number of aliphatic hydroxyl groups is 1. The number of carbonyl (C=O) groups excluding carboxylic acids is 2. The number of nitrogens with one attached hydrogen (secondary N) is 1. The lowest BCUT2D eigenvalue weighted by atomic mass is 10.1. The van der Waals surface area contributed by atoms with E-state index in [0.717, 1.165) is 16.8 Å². The number of benzene rings is 2. The average molecular weight is 381 g/mol. The zero-order chi connectivity index (χ0) is 20.1. The first-order chi connectivity index (χ1) is 13.5. The first-order valence-corrected chi connectivity index (χ1v) is 9.55. The summed E-state index contributed by atoms with van der Waals surface area (Å²) < 4.78 is 0. The Labute approximate surface area is 165 Å². The van der Waals surface area contributed by atoms with Gasteiger partial charge in [0.2, 0.25) is 5.91 Å². The molecule has 0 bridgehead atoms. The molecule has 1 saturated heterocycles. The van der Waals surface area contributed by atoms with E-state index < -0.39 is 0 Å². The summed E-state index contributed by atoms with van der Waals surface area (Å²) in [7, 11) is 0. The summed E-state index contributed by atoms with van der Waals surface area (Å²) in [6.45, 7) is 5.05. The van der Waals surface area contributed by atoms with E-state index in [4.69, 9.17) is 0 Å². The summed E-state index contributed by atoms with van der Waals surface area (Å²) in [4.78, 5) is 28.5. The number of nitrogens with zero attached hydrogens (tertiary/aromatic N) is 2. The number of aliphatic hydroxyl groups excluding tert-OH is 1. The number of hydrogen-bond acceptors (Lipinski definition) is 3. The van der Waals surface area contributed by atoms with Crippen LogP contribution in [0.1, 0.15) is 23.1 Å². The number of carbonyl (C=O) groups is 2. The predicted molar refractivity (Wildman–Crippen MR) is 109 cm³/mol. The molecule has 3 rings (SSSR count). The molecule has 6 nitrogen and oxygen atoms in total. The van der Waals surface area contributed by atoms with Crippen LogP contribution < -0.4 is 10.2 Å². The van der Waals surface area contributed by atoms with Crippen molar-refractivity contribution in [2.75, 3.05) is 24.6 Å². The topological polar surface area (TPSA) is 72.9 Å². The molecule has 0 unspecified atom stereocenters. The Bertz CT molecular complexity index is 838. The molecule has 0 aromatic heterocycles. The molecule has 0 aliphatic carbocycles. The van der Waals surface area contributed by atoms with E-state index in [-0.39, 0.29) is 37.6 Å². The second-order valence-corrected chi connectivity index (χ2v) is 7.25. The van der Waals surface area contributed by atoms with Crippen molar-refractivity contribution in [1.29, 1.82) is 0 Å². The highest BCUT2D eigenvalue weighted by Gasteiger charge is 2.32. The smallest absolute Gasteiger partial charge is 0.318 e. The monoisotopic (exact) mass is 381 g/mol. The van der Waals surface area contributed by atoms with Gasteiger partial charge in [-0.25, -0.2) is 4.79 Å². The third-order valence-electron chi connectivity index (χ3n) is 5.13. The first-order valence-electron chi connectivity index (χ1n) is 9.55. The van der Waals surface area contributed by atoms with Gasteiger partial charge in [-0.05, 0) is 42.7 Å². The molecule has 1 heterocycles. The SMILES string of the molecule is Cc1ccc(N2C[C@H](NC(=O)N(CCO)Cc3ccccc3)CC2=O)cc1C. The van der Waals surface area contributed by atoms with Gasteiger partial charge in [0, 0.05) is 31.7 Å². The highest BCUT2D eigenvalue weighted by atomic mass is 16.3. The van der Waals surface area contributed by atoms with E-state index in [1.807, 2.05) is 62.4 Å². The molecular formula is C22H27N3O3. The van der Waals surface area contributed by atoms with Gasteiger partial charge >= 0.3 is 6.03 Å². The van der Waals surface area contributed by atoms with E-state index in [9.17, 15) is 14.7 Å². The van der Waals surface area contributed by atoms with Crippen LogP contribution in [0.2, 0.25) is 0 Å². The van der Waals surface area contributed by atoms with Gasteiger partial charge in [-0.15, -0.1) is 0 Å². The lowest BCUT2D eigenvalue weighted by molar-refractivity contribution is -0.117. The number of rotatable bonds is 6. The summed E-state index contributed by atoms with van der Waals surface area (Å²) in [6.07, 6.45) is 0.275. The second-order valence-electron chi connectivity index (χ2n) is 7.25. The molecule has 28 heavy (non-hydrogen) atoms. The maximum Gasteiger partial charge on any atom is 0.318 e. The van der Waals surface area contributed by atoms with Crippen LogP contribution >= 0.6 is 0 Å². The fourth-order valence-electron chi connectivity index (χ4n) is 3.39. The predicted octanol–water partition coefficient (Wildman–Crippen LogP) is 2.61. The molecule has 0 saturated carbocycles. The summed E-state index contributed by atoms with van der Waals surface area (Å²) in [5, 5.41) is 12.3. The standard InChI is InChI=1S/C22H27N3O3/c1-16-8-9-20(12-17(16)2)25-15-19(13-21(25)27)23-22(28)24(10-11-26)14-18-6-4-3-5-7-18/h3-9,12,19,26H,10-11,13-15H2,1-2H3,(H,23,28)/t19-/m1/s1. The van der Waals surface area contributed by atoms with Crippen LogP contribution in [0, 0.1) is 13.8 Å². The maximum atomic E-state index is 12.7. The van der Waals surface area contributed by atoms with Gasteiger partial charge in [0.25, 0.3) is 0 Å². The van der Waals surface area contributed by atoms with Crippen molar-refractivity contribution in [3.05, 3.63) is 65.2 Å². The van der Waals surface area contributed by atoms with Crippen molar-refractivity contribution < 1.29 is 14.7 Å². The van der Waals surface area contributed by atoms with E-state index >= 15 is 0 Å². The summed E-state index contributed by atoms with van der Waals surface area (Å²) in [6, 6.07) is 15.1. The van der Waals surface area contributed by atoms with Crippen molar-refractivity contribution in [1.82, 2.24) is 10.2 Å².